The second kappa shape index (κ2) is 10.8. The van der Waals surface area contributed by atoms with Gasteiger partial charge in [0.25, 0.3) is 0 Å². The maximum atomic E-state index is 4.06. The molecule has 0 heterocycles. The van der Waals surface area contributed by atoms with Crippen LogP contribution in [0, 0.1) is 29.6 Å². The number of hydrogen-bond donors (Lipinski definition) is 1. The van der Waals surface area contributed by atoms with E-state index in [2.05, 4.69) is 70.2 Å². The molecule has 20 heavy (non-hydrogen) atoms. The monoisotopic (exact) mass is 278 g/mol. The van der Waals surface area contributed by atoms with E-state index < -0.39 is 0 Å². The van der Waals surface area contributed by atoms with Gasteiger partial charge in [0.05, 0.1) is 6.54 Å². The SMILES string of the molecule is C=C(NCC(C)CN(CC#CC(C)C)CCC)C(C)C. The third-order valence-electron chi connectivity index (χ3n) is 3.18. The molecule has 0 rings (SSSR count). The van der Waals surface area contributed by atoms with Gasteiger partial charge in [0.2, 0.25) is 0 Å². The van der Waals surface area contributed by atoms with Gasteiger partial charge < -0.3 is 5.32 Å². The van der Waals surface area contributed by atoms with Crippen molar-refractivity contribution in [2.75, 3.05) is 26.2 Å². The lowest BCUT2D eigenvalue weighted by atomic mass is 10.1. The number of hydrogen-bond acceptors (Lipinski definition) is 2. The lowest BCUT2D eigenvalue weighted by molar-refractivity contribution is 0.262. The molecule has 0 fully saturated rings. The van der Waals surface area contributed by atoms with Crippen molar-refractivity contribution in [1.82, 2.24) is 10.2 Å². The van der Waals surface area contributed by atoms with Crippen molar-refractivity contribution in [2.24, 2.45) is 17.8 Å². The van der Waals surface area contributed by atoms with E-state index in [0.717, 1.165) is 31.9 Å². The normalized spacial score (nSPS) is 12.4. The zero-order valence-electron chi connectivity index (χ0n) is 14.4. The van der Waals surface area contributed by atoms with Gasteiger partial charge in [-0.3, -0.25) is 4.90 Å². The first kappa shape index (κ1) is 19.1. The van der Waals surface area contributed by atoms with E-state index in [-0.39, 0.29) is 0 Å². The Labute approximate surface area is 127 Å². The minimum atomic E-state index is 0.465. The average molecular weight is 278 g/mol. The van der Waals surface area contributed by atoms with Crippen LogP contribution in [0.15, 0.2) is 12.3 Å². The molecule has 0 aliphatic rings. The third kappa shape index (κ3) is 9.92. The van der Waals surface area contributed by atoms with Gasteiger partial charge in [-0.2, -0.15) is 0 Å². The lowest BCUT2D eigenvalue weighted by Crippen LogP contribution is -2.34. The summed E-state index contributed by atoms with van der Waals surface area (Å²) in [5.41, 5.74) is 1.14. The van der Waals surface area contributed by atoms with E-state index in [9.17, 15) is 0 Å². The largest absolute Gasteiger partial charge is 0.388 e. The molecule has 1 atom stereocenters. The van der Waals surface area contributed by atoms with Crippen LogP contribution >= 0.6 is 0 Å². The van der Waals surface area contributed by atoms with Gasteiger partial charge in [0.1, 0.15) is 0 Å². The van der Waals surface area contributed by atoms with E-state index in [1.165, 1.54) is 6.42 Å². The second-order valence-corrected chi connectivity index (χ2v) is 6.38. The highest BCUT2D eigenvalue weighted by Gasteiger charge is 2.09. The van der Waals surface area contributed by atoms with E-state index >= 15 is 0 Å². The smallest absolute Gasteiger partial charge is 0.0601 e. The van der Waals surface area contributed by atoms with Crippen LogP contribution < -0.4 is 5.32 Å². The topological polar surface area (TPSA) is 15.3 Å². The zero-order chi connectivity index (χ0) is 15.5. The minimum Gasteiger partial charge on any atom is -0.388 e. The van der Waals surface area contributed by atoms with Gasteiger partial charge in [-0.05, 0) is 24.8 Å². The Morgan fingerprint density at radius 1 is 1.20 bits per heavy atom. The molecule has 0 spiro atoms. The van der Waals surface area contributed by atoms with Crippen LogP contribution in [0.2, 0.25) is 0 Å². The van der Waals surface area contributed by atoms with Gasteiger partial charge in [-0.15, -0.1) is 0 Å². The van der Waals surface area contributed by atoms with Crippen LogP contribution in [-0.4, -0.2) is 31.1 Å². The summed E-state index contributed by atoms with van der Waals surface area (Å²) in [6.07, 6.45) is 1.18. The van der Waals surface area contributed by atoms with Crippen LogP contribution in [0.5, 0.6) is 0 Å². The molecular weight excluding hydrogens is 244 g/mol. The molecule has 0 aromatic heterocycles. The van der Waals surface area contributed by atoms with Gasteiger partial charge in [-0.1, -0.05) is 60.0 Å². The summed E-state index contributed by atoms with van der Waals surface area (Å²) >= 11 is 0. The van der Waals surface area contributed by atoms with Crippen molar-refractivity contribution in [3.63, 3.8) is 0 Å². The second-order valence-electron chi connectivity index (χ2n) is 6.38. The Morgan fingerprint density at radius 3 is 2.35 bits per heavy atom. The molecule has 0 aromatic rings. The van der Waals surface area contributed by atoms with E-state index in [1.807, 2.05) is 0 Å². The lowest BCUT2D eigenvalue weighted by Gasteiger charge is -2.24. The number of nitrogens with zero attached hydrogens (tertiary/aromatic N) is 1. The highest BCUT2D eigenvalue weighted by Crippen LogP contribution is 2.05. The van der Waals surface area contributed by atoms with E-state index in [1.54, 1.807) is 0 Å². The predicted molar refractivity (Wildman–Crippen MR) is 90.5 cm³/mol. The number of allylic oxidation sites excluding steroid dienone is 1. The van der Waals surface area contributed by atoms with Gasteiger partial charge >= 0.3 is 0 Å². The minimum absolute atomic E-state index is 0.465. The van der Waals surface area contributed by atoms with Crippen LogP contribution in [0.1, 0.15) is 48.0 Å². The molecule has 2 heteroatoms. The summed E-state index contributed by atoms with van der Waals surface area (Å²) < 4.78 is 0. The molecule has 1 N–H and O–H groups in total. The molecule has 0 saturated heterocycles. The first-order valence-electron chi connectivity index (χ1n) is 8.00. The average Bonchev–Trinajstić information content (AvgIpc) is 2.35. The Bertz CT molecular complexity index is 320. The van der Waals surface area contributed by atoms with Crippen LogP contribution in [0.4, 0.5) is 0 Å². The Hall–Kier alpha value is -0.940. The van der Waals surface area contributed by atoms with Crippen molar-refractivity contribution in [3.05, 3.63) is 12.3 Å². The third-order valence-corrected chi connectivity index (χ3v) is 3.18. The quantitative estimate of drug-likeness (QED) is 0.646. The first-order valence-corrected chi connectivity index (χ1v) is 8.00. The highest BCUT2D eigenvalue weighted by molar-refractivity contribution is 5.03. The van der Waals surface area contributed by atoms with E-state index in [4.69, 9.17) is 0 Å². The Morgan fingerprint density at radius 2 is 1.85 bits per heavy atom. The fourth-order valence-electron chi connectivity index (χ4n) is 1.93. The fourth-order valence-corrected chi connectivity index (χ4v) is 1.93. The molecule has 0 bridgehead atoms. The summed E-state index contributed by atoms with van der Waals surface area (Å²) in [5.74, 6) is 8.13. The van der Waals surface area contributed by atoms with Crippen molar-refractivity contribution in [2.45, 2.75) is 48.0 Å². The summed E-state index contributed by atoms with van der Waals surface area (Å²) in [5, 5.41) is 3.45. The Balaban J connectivity index is 4.17. The van der Waals surface area contributed by atoms with Crippen molar-refractivity contribution < 1.29 is 0 Å². The van der Waals surface area contributed by atoms with Crippen molar-refractivity contribution >= 4 is 0 Å². The standard InChI is InChI=1S/C18H34N2/c1-8-11-20(12-9-10-15(2)3)14-17(6)13-19-18(7)16(4)5/h15-17,19H,7-8,11-14H2,1-6H3. The molecule has 0 aliphatic heterocycles. The van der Waals surface area contributed by atoms with Crippen LogP contribution in [0.3, 0.4) is 0 Å². The maximum Gasteiger partial charge on any atom is 0.0601 e. The Kier molecular flexibility index (Phi) is 10.3. The van der Waals surface area contributed by atoms with Crippen LogP contribution in [-0.2, 0) is 0 Å². The highest BCUT2D eigenvalue weighted by atomic mass is 15.1. The molecule has 1 unspecified atom stereocenters. The maximum absolute atomic E-state index is 4.06. The molecule has 0 saturated carbocycles. The molecule has 2 nitrogen and oxygen atoms in total. The molecule has 116 valence electrons. The summed E-state index contributed by atoms with van der Waals surface area (Å²) in [7, 11) is 0. The fraction of sp³-hybridized carbons (Fsp3) is 0.778. The molecular formula is C18H34N2. The van der Waals surface area contributed by atoms with Crippen LogP contribution in [0.25, 0.3) is 0 Å². The van der Waals surface area contributed by atoms with Gasteiger partial charge in [0, 0.05) is 24.7 Å². The molecule has 0 aromatic carbocycles. The predicted octanol–water partition coefficient (Wildman–Crippen LogP) is 3.75. The van der Waals surface area contributed by atoms with E-state index in [0.29, 0.717) is 17.8 Å². The van der Waals surface area contributed by atoms with Crippen molar-refractivity contribution in [3.8, 4) is 11.8 Å². The summed E-state index contributed by atoms with van der Waals surface area (Å²) in [6, 6.07) is 0. The summed E-state index contributed by atoms with van der Waals surface area (Å²) in [6.45, 7) is 21.3. The molecule has 0 amide bonds. The molecule has 0 aliphatic carbocycles. The number of rotatable bonds is 9. The van der Waals surface area contributed by atoms with Crippen molar-refractivity contribution in [1.29, 1.82) is 0 Å². The molecule has 0 radical (unpaired) electrons. The van der Waals surface area contributed by atoms with Gasteiger partial charge in [-0.25, -0.2) is 0 Å². The first-order chi connectivity index (χ1) is 9.36. The summed E-state index contributed by atoms with van der Waals surface area (Å²) in [4.78, 5) is 2.46. The van der Waals surface area contributed by atoms with Gasteiger partial charge in [0.15, 0.2) is 0 Å². The number of nitrogens with one attached hydrogen (secondary N) is 1. The zero-order valence-corrected chi connectivity index (χ0v) is 14.4.